The lowest BCUT2D eigenvalue weighted by Crippen LogP contribution is -2.36. The van der Waals surface area contributed by atoms with Gasteiger partial charge in [0.05, 0.1) is 12.1 Å². The van der Waals surface area contributed by atoms with E-state index in [-0.39, 0.29) is 12.1 Å². The third-order valence-corrected chi connectivity index (χ3v) is 3.57. The average molecular weight is 233 g/mol. The molecule has 94 valence electrons. The number of aryl methyl sites for hydroxylation is 1. The molecule has 2 N–H and O–H groups in total. The lowest BCUT2D eigenvalue weighted by molar-refractivity contribution is 0.116. The molecule has 0 radical (unpaired) electrons. The molecule has 0 bridgehead atoms. The van der Waals surface area contributed by atoms with Crippen LogP contribution in [0.3, 0.4) is 0 Å². The number of rotatable bonds is 4. The highest BCUT2D eigenvalue weighted by molar-refractivity contribution is 5.45. The molecule has 1 aromatic carbocycles. The molecule has 0 aromatic heterocycles. The topological polar surface area (TPSA) is 32.3 Å². The summed E-state index contributed by atoms with van der Waals surface area (Å²) < 4.78 is 0. The third-order valence-electron chi connectivity index (χ3n) is 3.57. The smallest absolute Gasteiger partial charge is 0.0741 e. The van der Waals surface area contributed by atoms with Crippen LogP contribution in [0.2, 0.25) is 0 Å². The maximum Gasteiger partial charge on any atom is 0.0741 e. The van der Waals surface area contributed by atoms with E-state index >= 15 is 0 Å². The molecular formula is C15H23NO. The zero-order valence-corrected chi connectivity index (χ0v) is 10.7. The van der Waals surface area contributed by atoms with Gasteiger partial charge in [0.2, 0.25) is 0 Å². The number of aliphatic hydroxyl groups excluding tert-OH is 1. The predicted octanol–water partition coefficient (Wildman–Crippen LogP) is 3.35. The molecule has 1 saturated carbocycles. The Morgan fingerprint density at radius 3 is 2.53 bits per heavy atom. The van der Waals surface area contributed by atoms with Crippen molar-refractivity contribution in [3.05, 3.63) is 29.8 Å². The number of hydrogen-bond acceptors (Lipinski definition) is 2. The van der Waals surface area contributed by atoms with Crippen molar-refractivity contribution < 1.29 is 5.11 Å². The van der Waals surface area contributed by atoms with E-state index in [1.807, 2.05) is 0 Å². The number of nitrogens with one attached hydrogen (secondary N) is 1. The van der Waals surface area contributed by atoms with Gasteiger partial charge in [-0.1, -0.05) is 38.3 Å². The zero-order valence-electron chi connectivity index (χ0n) is 10.7. The van der Waals surface area contributed by atoms with Crippen LogP contribution in [0, 0.1) is 0 Å². The largest absolute Gasteiger partial charge is 0.391 e. The van der Waals surface area contributed by atoms with Gasteiger partial charge in [0.15, 0.2) is 0 Å². The molecule has 2 heteroatoms. The quantitative estimate of drug-likeness (QED) is 0.836. The molecule has 1 aliphatic carbocycles. The van der Waals surface area contributed by atoms with E-state index in [1.165, 1.54) is 18.4 Å². The number of aliphatic hydroxyl groups is 1. The van der Waals surface area contributed by atoms with Gasteiger partial charge in [0.25, 0.3) is 0 Å². The molecule has 2 atom stereocenters. The summed E-state index contributed by atoms with van der Waals surface area (Å²) in [6, 6.07) is 8.86. The van der Waals surface area contributed by atoms with Gasteiger partial charge in [-0.05, 0) is 37.0 Å². The van der Waals surface area contributed by atoms with Crippen LogP contribution in [-0.4, -0.2) is 17.3 Å². The van der Waals surface area contributed by atoms with Crippen molar-refractivity contribution in [2.75, 3.05) is 5.32 Å². The maximum atomic E-state index is 9.91. The Labute approximate surface area is 104 Å². The SMILES string of the molecule is CCCc1ccc(NC2CCCCC2O)cc1. The molecule has 0 amide bonds. The normalized spacial score (nSPS) is 24.6. The fourth-order valence-electron chi connectivity index (χ4n) is 2.55. The molecule has 1 aromatic rings. The highest BCUT2D eigenvalue weighted by Crippen LogP contribution is 2.22. The Morgan fingerprint density at radius 1 is 1.18 bits per heavy atom. The van der Waals surface area contributed by atoms with Crippen LogP contribution in [0.25, 0.3) is 0 Å². The first kappa shape index (κ1) is 12.4. The summed E-state index contributed by atoms with van der Waals surface area (Å²) in [6.45, 7) is 2.20. The molecule has 17 heavy (non-hydrogen) atoms. The number of anilines is 1. The predicted molar refractivity (Wildman–Crippen MR) is 72.3 cm³/mol. The molecule has 1 aliphatic rings. The molecule has 2 rings (SSSR count). The summed E-state index contributed by atoms with van der Waals surface area (Å²) in [5.74, 6) is 0. The van der Waals surface area contributed by atoms with Gasteiger partial charge in [-0.2, -0.15) is 0 Å². The molecule has 2 unspecified atom stereocenters. The van der Waals surface area contributed by atoms with Crippen molar-refractivity contribution in [3.8, 4) is 0 Å². The summed E-state index contributed by atoms with van der Waals surface area (Å²) in [5, 5.41) is 13.4. The zero-order chi connectivity index (χ0) is 12.1. The van der Waals surface area contributed by atoms with Gasteiger partial charge in [-0.15, -0.1) is 0 Å². The van der Waals surface area contributed by atoms with Crippen LogP contribution in [0.15, 0.2) is 24.3 Å². The lowest BCUT2D eigenvalue weighted by Gasteiger charge is -2.29. The highest BCUT2D eigenvalue weighted by atomic mass is 16.3. The van der Waals surface area contributed by atoms with Crippen LogP contribution < -0.4 is 5.32 Å². The molecule has 2 nitrogen and oxygen atoms in total. The Morgan fingerprint density at radius 2 is 1.88 bits per heavy atom. The summed E-state index contributed by atoms with van der Waals surface area (Å²) in [5.41, 5.74) is 2.53. The van der Waals surface area contributed by atoms with Crippen LogP contribution in [0.4, 0.5) is 5.69 Å². The van der Waals surface area contributed by atoms with Crippen molar-refractivity contribution in [3.63, 3.8) is 0 Å². The van der Waals surface area contributed by atoms with E-state index < -0.39 is 0 Å². The van der Waals surface area contributed by atoms with E-state index in [0.29, 0.717) is 0 Å². The molecule has 0 spiro atoms. The first-order valence-corrected chi connectivity index (χ1v) is 6.83. The van der Waals surface area contributed by atoms with E-state index in [4.69, 9.17) is 0 Å². The first-order chi connectivity index (χ1) is 8.29. The Balaban J connectivity index is 1.93. The second-order valence-electron chi connectivity index (χ2n) is 5.05. The number of benzene rings is 1. The molecule has 0 saturated heterocycles. The lowest BCUT2D eigenvalue weighted by atomic mass is 9.92. The third kappa shape index (κ3) is 3.47. The first-order valence-electron chi connectivity index (χ1n) is 6.83. The standard InChI is InChI=1S/C15H23NO/c1-2-5-12-8-10-13(11-9-12)16-14-6-3-4-7-15(14)17/h8-11,14-17H,2-7H2,1H3. The molecule has 0 heterocycles. The van der Waals surface area contributed by atoms with Gasteiger partial charge in [-0.25, -0.2) is 0 Å². The summed E-state index contributed by atoms with van der Waals surface area (Å²) >= 11 is 0. The molecular weight excluding hydrogens is 210 g/mol. The van der Waals surface area contributed by atoms with Crippen molar-refractivity contribution in [2.24, 2.45) is 0 Å². The minimum Gasteiger partial charge on any atom is -0.391 e. The molecule has 0 aliphatic heterocycles. The van der Waals surface area contributed by atoms with Crippen LogP contribution >= 0.6 is 0 Å². The average Bonchev–Trinajstić information content (AvgIpc) is 2.35. The van der Waals surface area contributed by atoms with E-state index in [9.17, 15) is 5.11 Å². The monoisotopic (exact) mass is 233 g/mol. The fraction of sp³-hybridized carbons (Fsp3) is 0.600. The second-order valence-corrected chi connectivity index (χ2v) is 5.05. The van der Waals surface area contributed by atoms with Gasteiger partial charge in [0.1, 0.15) is 0 Å². The summed E-state index contributed by atoms with van der Waals surface area (Å²) in [7, 11) is 0. The van der Waals surface area contributed by atoms with Gasteiger partial charge >= 0.3 is 0 Å². The van der Waals surface area contributed by atoms with Crippen LogP contribution in [0.5, 0.6) is 0 Å². The second kappa shape index (κ2) is 6.06. The van der Waals surface area contributed by atoms with Crippen LogP contribution in [0.1, 0.15) is 44.6 Å². The van der Waals surface area contributed by atoms with Gasteiger partial charge in [-0.3, -0.25) is 0 Å². The minimum atomic E-state index is -0.181. The number of hydrogen-bond donors (Lipinski definition) is 2. The Kier molecular flexibility index (Phi) is 4.43. The van der Waals surface area contributed by atoms with Gasteiger partial charge in [0, 0.05) is 5.69 Å². The highest BCUT2D eigenvalue weighted by Gasteiger charge is 2.22. The summed E-state index contributed by atoms with van der Waals surface area (Å²) in [4.78, 5) is 0. The maximum absolute atomic E-state index is 9.91. The summed E-state index contributed by atoms with van der Waals surface area (Å²) in [6.07, 6.45) is 6.56. The fourth-order valence-corrected chi connectivity index (χ4v) is 2.55. The molecule has 1 fully saturated rings. The van der Waals surface area contributed by atoms with E-state index in [1.54, 1.807) is 0 Å². The van der Waals surface area contributed by atoms with Crippen molar-refractivity contribution in [1.82, 2.24) is 0 Å². The minimum absolute atomic E-state index is 0.181. The Bertz CT molecular complexity index is 333. The van der Waals surface area contributed by atoms with E-state index in [2.05, 4.69) is 36.5 Å². The van der Waals surface area contributed by atoms with E-state index in [0.717, 1.165) is 31.4 Å². The van der Waals surface area contributed by atoms with Crippen molar-refractivity contribution >= 4 is 5.69 Å². The van der Waals surface area contributed by atoms with Crippen LogP contribution in [-0.2, 0) is 6.42 Å². The van der Waals surface area contributed by atoms with Crippen molar-refractivity contribution in [2.45, 2.75) is 57.6 Å². The van der Waals surface area contributed by atoms with Crippen molar-refractivity contribution in [1.29, 1.82) is 0 Å². The Hall–Kier alpha value is -1.02. The van der Waals surface area contributed by atoms with Gasteiger partial charge < -0.3 is 10.4 Å².